The quantitative estimate of drug-likeness (QED) is 0.672. The highest BCUT2D eigenvalue weighted by Gasteiger charge is 2.43. The van der Waals surface area contributed by atoms with E-state index in [1.807, 2.05) is 0 Å². The van der Waals surface area contributed by atoms with Crippen molar-refractivity contribution >= 4 is 10.2 Å². The molecule has 0 aromatic carbocycles. The van der Waals surface area contributed by atoms with Gasteiger partial charge in [-0.05, 0) is 12.8 Å². The number of nitrogens with two attached hydrogens (primary N) is 1. The average Bonchev–Trinajstić information content (AvgIpc) is 2.41. The molecular formula is C8H17N3O2S. The van der Waals surface area contributed by atoms with Crippen LogP contribution in [-0.2, 0) is 10.2 Å². The van der Waals surface area contributed by atoms with Crippen LogP contribution in [0.4, 0.5) is 0 Å². The Morgan fingerprint density at radius 2 is 2.14 bits per heavy atom. The predicted octanol–water partition coefficient (Wildman–Crippen LogP) is -0.640. The summed E-state index contributed by atoms with van der Waals surface area (Å²) in [5.41, 5.74) is 5.39. The molecule has 2 aliphatic heterocycles. The summed E-state index contributed by atoms with van der Waals surface area (Å²) in [7, 11) is -3.16. The Morgan fingerprint density at radius 3 is 2.79 bits per heavy atom. The molecule has 0 aliphatic carbocycles. The van der Waals surface area contributed by atoms with Gasteiger partial charge in [-0.15, -0.1) is 0 Å². The van der Waals surface area contributed by atoms with E-state index in [9.17, 15) is 8.42 Å². The van der Waals surface area contributed by atoms with Crippen molar-refractivity contribution in [3.05, 3.63) is 0 Å². The third-order valence-electron chi connectivity index (χ3n) is 2.99. The van der Waals surface area contributed by atoms with Crippen LogP contribution in [-0.4, -0.2) is 49.2 Å². The van der Waals surface area contributed by atoms with E-state index < -0.39 is 10.2 Å². The topological polar surface area (TPSA) is 66.6 Å². The van der Waals surface area contributed by atoms with Crippen LogP contribution in [0.2, 0.25) is 0 Å². The van der Waals surface area contributed by atoms with E-state index in [-0.39, 0.29) is 6.04 Å². The van der Waals surface area contributed by atoms with E-state index in [1.54, 1.807) is 4.31 Å². The van der Waals surface area contributed by atoms with Gasteiger partial charge in [-0.2, -0.15) is 17.0 Å². The Balaban J connectivity index is 2.18. The van der Waals surface area contributed by atoms with Gasteiger partial charge in [0, 0.05) is 32.2 Å². The van der Waals surface area contributed by atoms with Gasteiger partial charge in [0.05, 0.1) is 0 Å². The molecule has 2 fully saturated rings. The summed E-state index contributed by atoms with van der Waals surface area (Å²) in [6, 6.07) is 0.209. The lowest BCUT2D eigenvalue weighted by Crippen LogP contribution is -2.39. The molecule has 0 radical (unpaired) electrons. The van der Waals surface area contributed by atoms with Gasteiger partial charge in [-0.25, -0.2) is 0 Å². The van der Waals surface area contributed by atoms with Gasteiger partial charge >= 0.3 is 0 Å². The van der Waals surface area contributed by atoms with Crippen molar-refractivity contribution in [1.82, 2.24) is 8.61 Å². The fraction of sp³-hybridized carbons (Fsp3) is 1.00. The molecule has 2 aliphatic rings. The third kappa shape index (κ3) is 1.56. The number of hydrogen-bond acceptors (Lipinski definition) is 3. The zero-order valence-electron chi connectivity index (χ0n) is 8.22. The van der Waals surface area contributed by atoms with E-state index in [4.69, 9.17) is 5.73 Å². The minimum absolute atomic E-state index is 0.209. The Labute approximate surface area is 85.0 Å². The van der Waals surface area contributed by atoms with Crippen molar-refractivity contribution in [2.24, 2.45) is 5.73 Å². The molecule has 2 rings (SSSR count). The highest BCUT2D eigenvalue weighted by molar-refractivity contribution is 7.87. The van der Waals surface area contributed by atoms with Crippen LogP contribution in [0.3, 0.4) is 0 Å². The highest BCUT2D eigenvalue weighted by atomic mass is 32.2. The van der Waals surface area contributed by atoms with Crippen LogP contribution in [0.5, 0.6) is 0 Å². The Bertz CT molecular complexity index is 304. The summed E-state index contributed by atoms with van der Waals surface area (Å²) in [5.74, 6) is 0. The second-order valence-electron chi connectivity index (χ2n) is 3.91. The van der Waals surface area contributed by atoms with Crippen LogP contribution in [0.15, 0.2) is 0 Å². The lowest BCUT2D eigenvalue weighted by atomic mass is 10.1. The number of hydrogen-bond donors (Lipinski definition) is 1. The molecule has 0 aromatic heterocycles. The monoisotopic (exact) mass is 219 g/mol. The van der Waals surface area contributed by atoms with Crippen LogP contribution in [0.25, 0.3) is 0 Å². The highest BCUT2D eigenvalue weighted by Crippen LogP contribution is 2.29. The van der Waals surface area contributed by atoms with E-state index in [2.05, 4.69) is 0 Å². The molecule has 0 saturated carbocycles. The zero-order valence-corrected chi connectivity index (χ0v) is 9.04. The van der Waals surface area contributed by atoms with Gasteiger partial charge in [0.1, 0.15) is 0 Å². The molecule has 1 atom stereocenters. The average molecular weight is 219 g/mol. The molecule has 2 saturated heterocycles. The number of piperidine rings is 1. The summed E-state index contributed by atoms with van der Waals surface area (Å²) in [4.78, 5) is 0. The summed E-state index contributed by atoms with van der Waals surface area (Å²) >= 11 is 0. The fourth-order valence-electron chi connectivity index (χ4n) is 2.29. The summed E-state index contributed by atoms with van der Waals surface area (Å²) in [6.45, 7) is 2.18. The Morgan fingerprint density at radius 1 is 1.36 bits per heavy atom. The lowest BCUT2D eigenvalue weighted by molar-refractivity contribution is 0.274. The second-order valence-corrected chi connectivity index (χ2v) is 5.80. The summed E-state index contributed by atoms with van der Waals surface area (Å²) in [6.07, 6.45) is 3.14. The van der Waals surface area contributed by atoms with E-state index in [1.165, 1.54) is 4.31 Å². The summed E-state index contributed by atoms with van der Waals surface area (Å²) < 4.78 is 27.0. The van der Waals surface area contributed by atoms with Crippen LogP contribution >= 0.6 is 0 Å². The first-order chi connectivity index (χ1) is 6.66. The first-order valence-corrected chi connectivity index (χ1v) is 6.53. The smallest absolute Gasteiger partial charge is 0.282 e. The SMILES string of the molecule is NCCN1C[C@@H]2CCCCN2S1(=O)=O. The molecule has 0 bridgehead atoms. The summed E-state index contributed by atoms with van der Waals surface area (Å²) in [5, 5.41) is 0. The van der Waals surface area contributed by atoms with Crippen molar-refractivity contribution < 1.29 is 8.42 Å². The largest absolute Gasteiger partial charge is 0.329 e. The van der Waals surface area contributed by atoms with Crippen molar-refractivity contribution in [2.45, 2.75) is 25.3 Å². The van der Waals surface area contributed by atoms with Gasteiger partial charge < -0.3 is 5.73 Å². The Hall–Kier alpha value is -0.170. The Kier molecular flexibility index (Phi) is 2.79. The van der Waals surface area contributed by atoms with Crippen LogP contribution < -0.4 is 5.73 Å². The minimum Gasteiger partial charge on any atom is -0.329 e. The van der Waals surface area contributed by atoms with Crippen LogP contribution in [0, 0.1) is 0 Å². The lowest BCUT2D eigenvalue weighted by Gasteiger charge is -2.26. The fourth-order valence-corrected chi connectivity index (χ4v) is 4.19. The third-order valence-corrected chi connectivity index (χ3v) is 5.05. The van der Waals surface area contributed by atoms with E-state index in [0.717, 1.165) is 19.3 Å². The maximum Gasteiger partial charge on any atom is 0.282 e. The maximum atomic E-state index is 11.9. The van der Waals surface area contributed by atoms with Crippen molar-refractivity contribution in [1.29, 1.82) is 0 Å². The second kappa shape index (κ2) is 3.77. The van der Waals surface area contributed by atoms with Crippen molar-refractivity contribution in [3.63, 3.8) is 0 Å². The molecule has 2 heterocycles. The van der Waals surface area contributed by atoms with Gasteiger partial charge in [0.25, 0.3) is 10.2 Å². The standard InChI is InChI=1S/C8H17N3O2S/c9-4-6-10-7-8-3-1-2-5-11(8)14(10,12)13/h8H,1-7,9H2/t8-/m0/s1. The molecule has 14 heavy (non-hydrogen) atoms. The molecule has 0 aromatic rings. The number of rotatable bonds is 2. The predicted molar refractivity (Wildman–Crippen MR) is 53.9 cm³/mol. The minimum atomic E-state index is -3.16. The zero-order chi connectivity index (χ0) is 10.2. The molecule has 0 unspecified atom stereocenters. The molecule has 6 heteroatoms. The van der Waals surface area contributed by atoms with Gasteiger partial charge in [0.2, 0.25) is 0 Å². The first kappa shape index (κ1) is 10.4. The molecule has 5 nitrogen and oxygen atoms in total. The van der Waals surface area contributed by atoms with Gasteiger partial charge in [0.15, 0.2) is 0 Å². The maximum absolute atomic E-state index is 11.9. The van der Waals surface area contributed by atoms with Gasteiger partial charge in [-0.1, -0.05) is 6.42 Å². The molecule has 2 N–H and O–H groups in total. The van der Waals surface area contributed by atoms with Gasteiger partial charge in [-0.3, -0.25) is 0 Å². The van der Waals surface area contributed by atoms with Crippen molar-refractivity contribution in [2.75, 3.05) is 26.2 Å². The van der Waals surface area contributed by atoms with E-state index in [0.29, 0.717) is 26.2 Å². The van der Waals surface area contributed by atoms with Crippen LogP contribution in [0.1, 0.15) is 19.3 Å². The number of nitrogens with zero attached hydrogens (tertiary/aromatic N) is 2. The molecule has 82 valence electrons. The first-order valence-electron chi connectivity index (χ1n) is 5.13. The molecule has 0 spiro atoms. The normalized spacial score (nSPS) is 33.1. The number of fused-ring (bicyclic) bond motifs is 1. The van der Waals surface area contributed by atoms with Crippen molar-refractivity contribution in [3.8, 4) is 0 Å². The molecule has 0 amide bonds. The molecular weight excluding hydrogens is 202 g/mol. The van der Waals surface area contributed by atoms with E-state index >= 15 is 0 Å².